The number of amides is 2. The van der Waals surface area contributed by atoms with E-state index in [9.17, 15) is 15.0 Å². The monoisotopic (exact) mass is 607 g/mol. The molecule has 9 heteroatoms. The van der Waals surface area contributed by atoms with Gasteiger partial charge in [-0.25, -0.2) is 4.79 Å². The average Bonchev–Trinajstić information content (AvgIpc) is 3.03. The number of halogens is 1. The van der Waals surface area contributed by atoms with Crippen molar-refractivity contribution >= 4 is 17.6 Å². The number of piperidine rings is 1. The minimum absolute atomic E-state index is 0.00560. The van der Waals surface area contributed by atoms with Gasteiger partial charge in [0.05, 0.1) is 24.4 Å². The molecule has 0 saturated carbocycles. The summed E-state index contributed by atoms with van der Waals surface area (Å²) in [4.78, 5) is 14.2. The Kier molecular flexibility index (Phi) is 10.4. The SMILES string of the molecule is CCNC(=O)NCc1ccc([C@H]2O[C@@H](CN3CCC(O)(c4ccc(Cl)cc4)CC3)[C@@H](C)[C@@H](c3ccc(CO)cc3)O2)cc1. The van der Waals surface area contributed by atoms with Crippen LogP contribution in [0.2, 0.25) is 5.02 Å². The number of urea groups is 1. The molecule has 5 rings (SSSR count). The third kappa shape index (κ3) is 7.76. The second-order valence-electron chi connectivity index (χ2n) is 11.6. The largest absolute Gasteiger partial charge is 0.392 e. The third-order valence-electron chi connectivity index (χ3n) is 8.67. The third-order valence-corrected chi connectivity index (χ3v) is 8.92. The van der Waals surface area contributed by atoms with Crippen LogP contribution in [0.5, 0.6) is 0 Å². The molecule has 4 N–H and O–H groups in total. The van der Waals surface area contributed by atoms with Gasteiger partial charge in [0.15, 0.2) is 6.29 Å². The predicted octanol–water partition coefficient (Wildman–Crippen LogP) is 5.43. The first-order valence-corrected chi connectivity index (χ1v) is 15.5. The van der Waals surface area contributed by atoms with Crippen LogP contribution in [-0.4, -0.2) is 53.4 Å². The first kappa shape index (κ1) is 31.4. The highest BCUT2D eigenvalue weighted by molar-refractivity contribution is 6.30. The van der Waals surface area contributed by atoms with E-state index in [1.165, 1.54) is 0 Å². The zero-order valence-corrected chi connectivity index (χ0v) is 25.6. The van der Waals surface area contributed by atoms with Gasteiger partial charge >= 0.3 is 6.03 Å². The summed E-state index contributed by atoms with van der Waals surface area (Å²) in [5, 5.41) is 27.2. The van der Waals surface area contributed by atoms with Crippen molar-refractivity contribution in [2.24, 2.45) is 5.92 Å². The van der Waals surface area contributed by atoms with Gasteiger partial charge in [0.25, 0.3) is 0 Å². The van der Waals surface area contributed by atoms with Crippen molar-refractivity contribution in [3.05, 3.63) is 106 Å². The van der Waals surface area contributed by atoms with E-state index in [-0.39, 0.29) is 30.8 Å². The molecule has 2 amide bonds. The summed E-state index contributed by atoms with van der Waals surface area (Å²) in [5.41, 5.74) is 3.83. The molecule has 230 valence electrons. The number of carbonyl (C=O) groups is 1. The lowest BCUT2D eigenvalue weighted by Gasteiger charge is -2.45. The average molecular weight is 608 g/mol. The lowest BCUT2D eigenvalue weighted by atomic mass is 9.84. The molecule has 2 aliphatic heterocycles. The van der Waals surface area contributed by atoms with E-state index in [2.05, 4.69) is 22.5 Å². The van der Waals surface area contributed by atoms with E-state index in [0.717, 1.165) is 47.5 Å². The van der Waals surface area contributed by atoms with Crippen molar-refractivity contribution in [1.82, 2.24) is 15.5 Å². The molecule has 3 aromatic rings. The van der Waals surface area contributed by atoms with Crippen molar-refractivity contribution in [3.63, 3.8) is 0 Å². The highest BCUT2D eigenvalue weighted by Crippen LogP contribution is 2.42. The second kappa shape index (κ2) is 14.2. The van der Waals surface area contributed by atoms with Crippen LogP contribution in [0.4, 0.5) is 4.79 Å². The molecule has 2 heterocycles. The standard InChI is InChI=1S/C34H42ClN3O5/c1-3-36-33(40)37-20-24-4-10-27(11-5-24)32-42-30(23(2)31(43-32)26-8-6-25(22-39)7-9-26)21-38-18-16-34(41,17-19-38)28-12-14-29(35)15-13-28/h4-15,23,30-32,39,41H,3,16-22H2,1-2H3,(H2,36,37,40)/t23-,30+,31+,32+/m1/s1. The molecule has 0 bridgehead atoms. The minimum Gasteiger partial charge on any atom is -0.392 e. The summed E-state index contributed by atoms with van der Waals surface area (Å²) in [6.07, 6.45) is 0.388. The fraction of sp³-hybridized carbons (Fsp3) is 0.441. The van der Waals surface area contributed by atoms with Gasteiger partial charge in [-0.05, 0) is 54.2 Å². The number of benzene rings is 3. The molecule has 2 aliphatic rings. The van der Waals surface area contributed by atoms with Crippen LogP contribution < -0.4 is 10.6 Å². The smallest absolute Gasteiger partial charge is 0.315 e. The Hall–Kier alpha value is -2.98. The van der Waals surface area contributed by atoms with Crippen molar-refractivity contribution in [2.45, 2.75) is 63.9 Å². The van der Waals surface area contributed by atoms with Crippen LogP contribution in [0.15, 0.2) is 72.8 Å². The van der Waals surface area contributed by atoms with Crippen LogP contribution in [-0.2, 0) is 28.2 Å². The molecule has 43 heavy (non-hydrogen) atoms. The van der Waals surface area contributed by atoms with Crippen LogP contribution in [0, 0.1) is 5.92 Å². The summed E-state index contributed by atoms with van der Waals surface area (Å²) in [6, 6.07) is 23.2. The van der Waals surface area contributed by atoms with E-state index in [0.29, 0.717) is 31.0 Å². The van der Waals surface area contributed by atoms with E-state index in [1.54, 1.807) is 0 Å². The fourth-order valence-electron chi connectivity index (χ4n) is 5.93. The molecule has 0 unspecified atom stereocenters. The van der Waals surface area contributed by atoms with Gasteiger partial charge in [0, 0.05) is 49.2 Å². The van der Waals surface area contributed by atoms with Crippen molar-refractivity contribution in [1.29, 1.82) is 0 Å². The number of aliphatic hydroxyl groups excluding tert-OH is 1. The Morgan fingerprint density at radius 3 is 2.19 bits per heavy atom. The van der Waals surface area contributed by atoms with E-state index in [4.69, 9.17) is 21.1 Å². The number of carbonyl (C=O) groups excluding carboxylic acids is 1. The summed E-state index contributed by atoms with van der Waals surface area (Å²) in [5.74, 6) is 0.0638. The van der Waals surface area contributed by atoms with E-state index >= 15 is 0 Å². The van der Waals surface area contributed by atoms with E-state index < -0.39 is 11.9 Å². The summed E-state index contributed by atoms with van der Waals surface area (Å²) in [7, 11) is 0. The Morgan fingerprint density at radius 1 is 0.930 bits per heavy atom. The number of ether oxygens (including phenoxy) is 2. The molecular formula is C34H42ClN3O5. The van der Waals surface area contributed by atoms with Crippen LogP contribution >= 0.6 is 11.6 Å². The number of nitrogens with zero attached hydrogens (tertiary/aromatic N) is 1. The molecule has 4 atom stereocenters. The number of hydrogen-bond donors (Lipinski definition) is 4. The normalized spacial score (nSPS) is 23.9. The predicted molar refractivity (Wildman–Crippen MR) is 166 cm³/mol. The van der Waals surface area contributed by atoms with Gasteiger partial charge in [-0.2, -0.15) is 0 Å². The van der Waals surface area contributed by atoms with Gasteiger partial charge in [0.2, 0.25) is 0 Å². The molecule has 3 aromatic carbocycles. The molecular weight excluding hydrogens is 566 g/mol. The van der Waals surface area contributed by atoms with Crippen LogP contribution in [0.3, 0.4) is 0 Å². The number of likely N-dealkylation sites (tertiary alicyclic amines) is 1. The highest BCUT2D eigenvalue weighted by Gasteiger charge is 2.41. The van der Waals surface area contributed by atoms with Gasteiger partial charge < -0.3 is 35.2 Å². The number of hydrogen-bond acceptors (Lipinski definition) is 6. The molecule has 0 aliphatic carbocycles. The molecule has 8 nitrogen and oxygen atoms in total. The van der Waals surface area contributed by atoms with Gasteiger partial charge in [0.1, 0.15) is 0 Å². The van der Waals surface area contributed by atoms with Crippen molar-refractivity contribution in [2.75, 3.05) is 26.2 Å². The number of aliphatic hydroxyl groups is 2. The maximum absolute atomic E-state index is 11.8. The van der Waals surface area contributed by atoms with Gasteiger partial charge in [-0.3, -0.25) is 0 Å². The Bertz CT molecular complexity index is 1330. The zero-order valence-electron chi connectivity index (χ0n) is 24.8. The maximum Gasteiger partial charge on any atom is 0.315 e. The minimum atomic E-state index is -0.865. The van der Waals surface area contributed by atoms with Crippen LogP contribution in [0.25, 0.3) is 0 Å². The van der Waals surface area contributed by atoms with E-state index in [1.807, 2.05) is 79.7 Å². The molecule has 0 aromatic heterocycles. The summed E-state index contributed by atoms with van der Waals surface area (Å²) in [6.45, 7) is 7.26. The first-order valence-electron chi connectivity index (χ1n) is 15.1. The van der Waals surface area contributed by atoms with Gasteiger partial charge in [-0.1, -0.05) is 79.2 Å². The van der Waals surface area contributed by atoms with Gasteiger partial charge in [-0.15, -0.1) is 0 Å². The topological polar surface area (TPSA) is 103 Å². The Morgan fingerprint density at radius 2 is 1.56 bits per heavy atom. The van der Waals surface area contributed by atoms with Crippen molar-refractivity contribution in [3.8, 4) is 0 Å². The summed E-state index contributed by atoms with van der Waals surface area (Å²) < 4.78 is 13.2. The zero-order chi connectivity index (χ0) is 30.4. The first-order chi connectivity index (χ1) is 20.8. The molecule has 2 saturated heterocycles. The molecule has 0 radical (unpaired) electrons. The quantitative estimate of drug-likeness (QED) is 0.259. The van der Waals surface area contributed by atoms with Crippen LogP contribution in [0.1, 0.15) is 66.9 Å². The molecule has 2 fully saturated rings. The maximum atomic E-state index is 11.8. The lowest BCUT2D eigenvalue weighted by Crippen LogP contribution is -2.49. The number of rotatable bonds is 9. The van der Waals surface area contributed by atoms with Crippen molar-refractivity contribution < 1.29 is 24.5 Å². The Balaban J connectivity index is 1.29. The highest BCUT2D eigenvalue weighted by atomic mass is 35.5. The lowest BCUT2D eigenvalue weighted by molar-refractivity contribution is -0.277. The number of nitrogens with one attached hydrogen (secondary N) is 2. The summed E-state index contributed by atoms with van der Waals surface area (Å²) >= 11 is 6.07. The fourth-order valence-corrected chi connectivity index (χ4v) is 6.06. The molecule has 0 spiro atoms. The Labute approximate surface area is 259 Å². The second-order valence-corrected chi connectivity index (χ2v) is 12.1.